The summed E-state index contributed by atoms with van der Waals surface area (Å²) in [6.45, 7) is 1.76. The number of aliphatic carboxylic acids is 2. The summed E-state index contributed by atoms with van der Waals surface area (Å²) in [5, 5.41) is 37.9. The van der Waals surface area contributed by atoms with Crippen LogP contribution in [0.2, 0.25) is 0 Å². The predicted octanol–water partition coefficient (Wildman–Crippen LogP) is 3.11. The molecule has 1 atom stereocenters. The van der Waals surface area contributed by atoms with Crippen molar-refractivity contribution in [1.82, 2.24) is 14.5 Å². The highest BCUT2D eigenvalue weighted by molar-refractivity contribution is 5.78. The standard InChI is InChI=1S/C17H23N5O.C4H6O4/c1-11(23)17-21-14-10-20-16(19-2)9-15(14)22(17)13-5-3-12(4-6-13)7-8-18;5-3(6)1-2-4(7)8/h9-13,23H,3-7H2,1-2H3,(H,19,20);1-2H2,(H,5,6)(H,7,8)/t11?,12-,13-;. The molecule has 0 aromatic carbocycles. The lowest BCUT2D eigenvalue weighted by Crippen LogP contribution is -2.20. The smallest absolute Gasteiger partial charge is 0.303 e. The second-order valence-electron chi connectivity index (χ2n) is 7.65. The number of nitriles is 1. The van der Waals surface area contributed by atoms with E-state index < -0.39 is 18.0 Å². The Morgan fingerprint density at radius 3 is 2.35 bits per heavy atom. The molecule has 0 amide bonds. The summed E-state index contributed by atoms with van der Waals surface area (Å²) in [6, 6.07) is 4.61. The first-order valence-corrected chi connectivity index (χ1v) is 10.3. The number of nitrogens with one attached hydrogen (secondary N) is 1. The molecular formula is C21H29N5O5. The minimum absolute atomic E-state index is 0.296. The first kappa shape index (κ1) is 24.1. The number of aliphatic hydroxyl groups is 1. The number of carboxylic acids is 2. The van der Waals surface area contributed by atoms with Gasteiger partial charge in [-0.25, -0.2) is 9.97 Å². The molecule has 0 saturated heterocycles. The van der Waals surface area contributed by atoms with E-state index in [9.17, 15) is 14.7 Å². The van der Waals surface area contributed by atoms with Crippen molar-refractivity contribution < 1.29 is 24.9 Å². The van der Waals surface area contributed by atoms with Crippen molar-refractivity contribution in [3.05, 3.63) is 18.1 Å². The highest BCUT2D eigenvalue weighted by atomic mass is 16.4. The molecule has 1 aliphatic carbocycles. The topological polar surface area (TPSA) is 161 Å². The Balaban J connectivity index is 0.000000366. The monoisotopic (exact) mass is 431 g/mol. The summed E-state index contributed by atoms with van der Waals surface area (Å²) in [7, 11) is 1.84. The minimum atomic E-state index is -1.08. The van der Waals surface area contributed by atoms with Crippen LogP contribution in [0.15, 0.2) is 12.3 Å². The number of carbonyl (C=O) groups is 2. The number of hydrogen-bond donors (Lipinski definition) is 4. The van der Waals surface area contributed by atoms with Gasteiger partial charge in [0.1, 0.15) is 23.3 Å². The van der Waals surface area contributed by atoms with Gasteiger partial charge in [0.05, 0.1) is 30.6 Å². The first-order chi connectivity index (χ1) is 14.8. The van der Waals surface area contributed by atoms with Crippen molar-refractivity contribution in [2.45, 2.75) is 64.0 Å². The van der Waals surface area contributed by atoms with Gasteiger partial charge in [-0.3, -0.25) is 9.59 Å². The van der Waals surface area contributed by atoms with Crippen LogP contribution >= 0.6 is 0 Å². The van der Waals surface area contributed by atoms with Gasteiger partial charge in [0.25, 0.3) is 0 Å². The number of fused-ring (bicyclic) bond motifs is 1. The molecule has 4 N–H and O–H groups in total. The van der Waals surface area contributed by atoms with Gasteiger partial charge in [0, 0.05) is 25.6 Å². The van der Waals surface area contributed by atoms with Crippen LogP contribution in [0.4, 0.5) is 5.82 Å². The number of aromatic nitrogens is 3. The largest absolute Gasteiger partial charge is 0.481 e. The summed E-state index contributed by atoms with van der Waals surface area (Å²) in [4.78, 5) is 28.2. The third kappa shape index (κ3) is 6.65. The predicted molar refractivity (Wildman–Crippen MR) is 113 cm³/mol. The van der Waals surface area contributed by atoms with E-state index in [1.54, 1.807) is 13.1 Å². The Kier molecular flexibility index (Phi) is 8.75. The van der Waals surface area contributed by atoms with Crippen molar-refractivity contribution in [3.8, 4) is 6.07 Å². The molecule has 31 heavy (non-hydrogen) atoms. The zero-order chi connectivity index (χ0) is 23.0. The van der Waals surface area contributed by atoms with E-state index in [-0.39, 0.29) is 12.8 Å². The second kappa shape index (κ2) is 11.3. The van der Waals surface area contributed by atoms with Gasteiger partial charge in [-0.05, 0) is 38.5 Å². The molecule has 3 rings (SSSR count). The zero-order valence-electron chi connectivity index (χ0n) is 17.8. The van der Waals surface area contributed by atoms with Crippen molar-refractivity contribution in [2.75, 3.05) is 12.4 Å². The quantitative estimate of drug-likeness (QED) is 0.516. The third-order valence-electron chi connectivity index (χ3n) is 5.35. The van der Waals surface area contributed by atoms with Gasteiger partial charge in [-0.1, -0.05) is 0 Å². The lowest BCUT2D eigenvalue weighted by molar-refractivity contribution is -0.143. The van der Waals surface area contributed by atoms with Gasteiger partial charge >= 0.3 is 11.9 Å². The molecule has 0 aliphatic heterocycles. The summed E-state index contributed by atoms with van der Waals surface area (Å²) in [6.07, 6.45) is 5.35. The van der Waals surface area contributed by atoms with Crippen LogP contribution in [0.3, 0.4) is 0 Å². The van der Waals surface area contributed by atoms with Crippen LogP contribution in [0.5, 0.6) is 0 Å². The Hall–Kier alpha value is -3.19. The molecule has 2 heterocycles. The Labute approximate surface area is 180 Å². The maximum absolute atomic E-state index is 10.1. The molecule has 2 aromatic heterocycles. The van der Waals surface area contributed by atoms with Crippen molar-refractivity contribution >= 4 is 28.8 Å². The van der Waals surface area contributed by atoms with Crippen LogP contribution < -0.4 is 5.32 Å². The van der Waals surface area contributed by atoms with E-state index in [0.717, 1.165) is 42.5 Å². The van der Waals surface area contributed by atoms with Crippen LogP contribution in [-0.4, -0.2) is 48.8 Å². The summed E-state index contributed by atoms with van der Waals surface area (Å²) in [5.41, 5.74) is 1.84. The molecule has 168 valence electrons. The second-order valence-corrected chi connectivity index (χ2v) is 7.65. The maximum atomic E-state index is 10.1. The maximum Gasteiger partial charge on any atom is 0.303 e. The fourth-order valence-electron chi connectivity index (χ4n) is 3.78. The molecule has 1 saturated carbocycles. The van der Waals surface area contributed by atoms with Crippen LogP contribution in [0.1, 0.15) is 69.8 Å². The van der Waals surface area contributed by atoms with Crippen LogP contribution in [0, 0.1) is 17.2 Å². The fourth-order valence-corrected chi connectivity index (χ4v) is 3.78. The average molecular weight is 431 g/mol. The number of rotatable bonds is 7. The number of pyridine rings is 1. The molecule has 0 spiro atoms. The lowest BCUT2D eigenvalue weighted by atomic mass is 9.84. The van der Waals surface area contributed by atoms with Crippen molar-refractivity contribution in [2.24, 2.45) is 5.92 Å². The van der Waals surface area contributed by atoms with Crippen molar-refractivity contribution in [3.63, 3.8) is 0 Å². The third-order valence-corrected chi connectivity index (χ3v) is 5.35. The number of imidazole rings is 1. The highest BCUT2D eigenvalue weighted by Gasteiger charge is 2.27. The molecule has 2 aromatic rings. The Morgan fingerprint density at radius 2 is 1.87 bits per heavy atom. The molecule has 10 heteroatoms. The number of carboxylic acid groups (broad SMARTS) is 2. The summed E-state index contributed by atoms with van der Waals surface area (Å²) < 4.78 is 2.19. The van der Waals surface area contributed by atoms with E-state index in [0.29, 0.717) is 24.2 Å². The van der Waals surface area contributed by atoms with Crippen LogP contribution in [0.25, 0.3) is 11.0 Å². The van der Waals surface area contributed by atoms with E-state index in [4.69, 9.17) is 15.5 Å². The Morgan fingerprint density at radius 1 is 1.26 bits per heavy atom. The molecule has 0 radical (unpaired) electrons. The summed E-state index contributed by atoms with van der Waals surface area (Å²) >= 11 is 0. The Bertz CT molecular complexity index is 928. The highest BCUT2D eigenvalue weighted by Crippen LogP contribution is 2.37. The number of anilines is 1. The van der Waals surface area contributed by atoms with Gasteiger partial charge in [0.2, 0.25) is 0 Å². The molecule has 1 aliphatic rings. The number of aliphatic hydroxyl groups excluding tert-OH is 1. The van der Waals surface area contributed by atoms with E-state index in [2.05, 4.69) is 25.9 Å². The molecule has 10 nitrogen and oxygen atoms in total. The lowest BCUT2D eigenvalue weighted by Gasteiger charge is -2.30. The van der Waals surface area contributed by atoms with E-state index >= 15 is 0 Å². The average Bonchev–Trinajstić information content (AvgIpc) is 3.12. The van der Waals surface area contributed by atoms with Gasteiger partial charge in [-0.2, -0.15) is 5.26 Å². The van der Waals surface area contributed by atoms with Gasteiger partial charge in [-0.15, -0.1) is 0 Å². The molecule has 0 bridgehead atoms. The van der Waals surface area contributed by atoms with Gasteiger partial charge < -0.3 is 25.2 Å². The first-order valence-electron chi connectivity index (χ1n) is 10.3. The van der Waals surface area contributed by atoms with E-state index in [1.165, 1.54) is 0 Å². The fraction of sp³-hybridized carbons (Fsp3) is 0.571. The van der Waals surface area contributed by atoms with E-state index in [1.807, 2.05) is 13.1 Å². The van der Waals surface area contributed by atoms with Crippen LogP contribution in [-0.2, 0) is 9.59 Å². The normalized spacial score (nSPS) is 19.0. The summed E-state index contributed by atoms with van der Waals surface area (Å²) in [5.74, 6) is -0.136. The van der Waals surface area contributed by atoms with Gasteiger partial charge in [0.15, 0.2) is 0 Å². The number of hydrogen-bond acceptors (Lipinski definition) is 7. The minimum Gasteiger partial charge on any atom is -0.481 e. The zero-order valence-corrected chi connectivity index (χ0v) is 17.8. The number of nitrogens with zero attached hydrogens (tertiary/aromatic N) is 4. The van der Waals surface area contributed by atoms with Crippen molar-refractivity contribution in [1.29, 1.82) is 5.26 Å². The molecule has 1 fully saturated rings. The SMILES string of the molecule is CNc1cc2c(cn1)nc(C(C)O)n2[C@H]1CC[C@H](CC#N)CC1.O=C(O)CCC(=O)O. The molecule has 1 unspecified atom stereocenters. The molecular weight excluding hydrogens is 402 g/mol.